The number of aliphatic hydroxyl groups excluding tert-OH is 2. The predicted molar refractivity (Wildman–Crippen MR) is 79.7 cm³/mol. The number of hydrogen-bond acceptors (Lipinski definition) is 6. The van der Waals surface area contributed by atoms with E-state index in [2.05, 4.69) is 0 Å². The van der Waals surface area contributed by atoms with Crippen LogP contribution in [0.25, 0.3) is 0 Å². The number of aliphatic hydroxyl groups is 2. The number of nitrogens with zero attached hydrogens (tertiary/aromatic N) is 1. The zero-order valence-electron chi connectivity index (χ0n) is 13.3. The van der Waals surface area contributed by atoms with E-state index in [1.54, 1.807) is 20.8 Å². The number of carbonyl (C=O) groups excluding carboxylic acids is 2. The molecule has 1 rings (SSSR count). The summed E-state index contributed by atoms with van der Waals surface area (Å²) in [5.41, 5.74) is -2.46. The molecular weight excluding hydrogens is 314 g/mol. The lowest BCUT2D eigenvalue weighted by Gasteiger charge is -2.38. The predicted octanol–water partition coefficient (Wildman–Crippen LogP) is 0.890. The van der Waals surface area contributed by atoms with Gasteiger partial charge in [0.05, 0.1) is 13.7 Å². The summed E-state index contributed by atoms with van der Waals surface area (Å²) < 4.78 is 10.0. The molecule has 1 amide bonds. The maximum absolute atomic E-state index is 12.4. The van der Waals surface area contributed by atoms with Crippen molar-refractivity contribution >= 4 is 23.7 Å². The Balaban J connectivity index is 3.20. The number of alkyl halides is 1. The van der Waals surface area contributed by atoms with Crippen LogP contribution in [0.15, 0.2) is 0 Å². The molecule has 1 fully saturated rings. The van der Waals surface area contributed by atoms with Gasteiger partial charge >= 0.3 is 12.1 Å². The third kappa shape index (κ3) is 3.64. The minimum atomic E-state index is -1.69. The fraction of sp³-hybridized carbons (Fsp3) is 0.857. The summed E-state index contributed by atoms with van der Waals surface area (Å²) >= 11 is 5.68. The number of carbonyl (C=O) groups is 2. The Labute approximate surface area is 135 Å². The minimum absolute atomic E-state index is 0.0701. The first kappa shape index (κ1) is 19.0. The average molecular weight is 338 g/mol. The van der Waals surface area contributed by atoms with Crippen LogP contribution >= 0.6 is 11.6 Å². The van der Waals surface area contributed by atoms with Gasteiger partial charge in [-0.1, -0.05) is 0 Å². The molecule has 1 aliphatic heterocycles. The van der Waals surface area contributed by atoms with Crippen LogP contribution in [0, 0.1) is 0 Å². The summed E-state index contributed by atoms with van der Waals surface area (Å²) in [4.78, 5) is 25.7. The monoisotopic (exact) mass is 337 g/mol. The lowest BCUT2D eigenvalue weighted by atomic mass is 9.87. The Morgan fingerprint density at radius 1 is 1.36 bits per heavy atom. The molecule has 1 aliphatic rings. The number of esters is 1. The van der Waals surface area contributed by atoms with Gasteiger partial charge in [-0.3, -0.25) is 4.90 Å². The van der Waals surface area contributed by atoms with Crippen molar-refractivity contribution in [2.75, 3.05) is 19.5 Å². The van der Waals surface area contributed by atoms with Crippen molar-refractivity contribution in [2.45, 2.75) is 57.0 Å². The first-order valence-electron chi connectivity index (χ1n) is 7.11. The van der Waals surface area contributed by atoms with Crippen molar-refractivity contribution in [2.24, 2.45) is 0 Å². The number of likely N-dealkylation sites (tertiary alicyclic amines) is 1. The van der Waals surface area contributed by atoms with Gasteiger partial charge < -0.3 is 19.7 Å². The molecule has 1 saturated heterocycles. The fourth-order valence-electron chi connectivity index (χ4n) is 2.61. The van der Waals surface area contributed by atoms with E-state index in [1.807, 2.05) is 0 Å². The van der Waals surface area contributed by atoms with Gasteiger partial charge in [0, 0.05) is 5.88 Å². The highest BCUT2D eigenvalue weighted by Crippen LogP contribution is 2.36. The summed E-state index contributed by atoms with van der Waals surface area (Å²) in [7, 11) is 1.16. The smallest absolute Gasteiger partial charge is 0.411 e. The van der Waals surface area contributed by atoms with Crippen LogP contribution < -0.4 is 0 Å². The second kappa shape index (κ2) is 7.02. The summed E-state index contributed by atoms with van der Waals surface area (Å²) in [5.74, 6) is -0.559. The molecule has 0 aromatic carbocycles. The quantitative estimate of drug-likeness (QED) is 0.584. The number of methoxy groups -OCH3 is 1. The van der Waals surface area contributed by atoms with Crippen LogP contribution in [-0.2, 0) is 14.3 Å². The first-order valence-corrected chi connectivity index (χ1v) is 7.64. The van der Waals surface area contributed by atoms with Gasteiger partial charge in [-0.2, -0.15) is 0 Å². The van der Waals surface area contributed by atoms with Crippen LogP contribution in [0.5, 0.6) is 0 Å². The summed E-state index contributed by atoms with van der Waals surface area (Å²) in [5, 5.41) is 20.3. The summed E-state index contributed by atoms with van der Waals surface area (Å²) in [6.07, 6.45) is -3.08. The maximum atomic E-state index is 12.4. The average Bonchev–Trinajstić information content (AvgIpc) is 2.67. The molecule has 0 aliphatic carbocycles. The largest absolute Gasteiger partial charge is 0.467 e. The molecule has 0 aromatic rings. The van der Waals surface area contributed by atoms with Gasteiger partial charge in [0.15, 0.2) is 5.54 Å². The van der Waals surface area contributed by atoms with Crippen LogP contribution in [0.1, 0.15) is 33.6 Å². The van der Waals surface area contributed by atoms with Gasteiger partial charge in [-0.15, -0.1) is 11.6 Å². The Hall–Kier alpha value is -1.05. The summed E-state index contributed by atoms with van der Waals surface area (Å²) in [6.45, 7) is 4.85. The summed E-state index contributed by atoms with van der Waals surface area (Å²) in [6, 6.07) is 0. The van der Waals surface area contributed by atoms with Gasteiger partial charge in [-0.25, -0.2) is 9.59 Å². The molecule has 2 N–H and O–H groups in total. The Kier molecular flexibility index (Phi) is 6.06. The molecule has 8 heteroatoms. The second-order valence-electron chi connectivity index (χ2n) is 6.31. The molecule has 3 unspecified atom stereocenters. The van der Waals surface area contributed by atoms with Crippen molar-refractivity contribution in [3.63, 3.8) is 0 Å². The lowest BCUT2D eigenvalue weighted by molar-refractivity contribution is -0.160. The molecule has 3 atom stereocenters. The lowest BCUT2D eigenvalue weighted by Crippen LogP contribution is -2.60. The van der Waals surface area contributed by atoms with E-state index in [-0.39, 0.29) is 18.8 Å². The van der Waals surface area contributed by atoms with Gasteiger partial charge in [0.25, 0.3) is 0 Å². The van der Waals surface area contributed by atoms with Gasteiger partial charge in [-0.05, 0) is 33.6 Å². The third-order valence-electron chi connectivity index (χ3n) is 3.55. The minimum Gasteiger partial charge on any atom is -0.467 e. The highest BCUT2D eigenvalue weighted by molar-refractivity contribution is 6.17. The standard InChI is InChI=1S/C14H24ClNO6/c1-13(2,3)22-12(20)16-8-9(17)10(18)14(16,6-5-7-15)11(19)21-4/h9-10,17-18H,5-8H2,1-4H3. The number of halogens is 1. The number of rotatable bonds is 4. The molecule has 0 radical (unpaired) electrons. The topological polar surface area (TPSA) is 96.3 Å². The second-order valence-corrected chi connectivity index (χ2v) is 6.69. The fourth-order valence-corrected chi connectivity index (χ4v) is 2.74. The molecule has 7 nitrogen and oxygen atoms in total. The van der Waals surface area contributed by atoms with Crippen LogP contribution in [0.4, 0.5) is 4.79 Å². The van der Waals surface area contributed by atoms with E-state index in [0.29, 0.717) is 6.42 Å². The SMILES string of the molecule is COC(=O)C1(CCCCl)C(O)C(O)CN1C(=O)OC(C)(C)C. The first-order chi connectivity index (χ1) is 10.1. The molecular formula is C14H24ClNO6. The molecule has 0 saturated carbocycles. The number of β-amino-alcohol motifs (C(OH)–C–C–N with tert-alkyl or cyclic N) is 1. The van der Waals surface area contributed by atoms with Crippen molar-refractivity contribution in [3.8, 4) is 0 Å². The van der Waals surface area contributed by atoms with Crippen LogP contribution in [-0.4, -0.2) is 70.1 Å². The van der Waals surface area contributed by atoms with E-state index in [4.69, 9.17) is 21.1 Å². The van der Waals surface area contributed by atoms with E-state index >= 15 is 0 Å². The maximum Gasteiger partial charge on any atom is 0.411 e. The Morgan fingerprint density at radius 2 is 1.95 bits per heavy atom. The zero-order chi connectivity index (χ0) is 17.1. The number of hydrogen-bond donors (Lipinski definition) is 2. The van der Waals surface area contributed by atoms with Gasteiger partial charge in [0.2, 0.25) is 0 Å². The molecule has 1 heterocycles. The highest BCUT2D eigenvalue weighted by Gasteiger charge is 2.61. The number of ether oxygens (including phenoxy) is 2. The molecule has 0 aromatic heterocycles. The van der Waals surface area contributed by atoms with Crippen LogP contribution in [0.3, 0.4) is 0 Å². The van der Waals surface area contributed by atoms with Crippen LogP contribution in [0.2, 0.25) is 0 Å². The molecule has 128 valence electrons. The Morgan fingerprint density at radius 3 is 2.41 bits per heavy atom. The van der Waals surface area contributed by atoms with Crippen molar-refractivity contribution < 1.29 is 29.3 Å². The molecule has 0 spiro atoms. The van der Waals surface area contributed by atoms with E-state index in [9.17, 15) is 19.8 Å². The van der Waals surface area contributed by atoms with E-state index < -0.39 is 35.4 Å². The zero-order valence-corrected chi connectivity index (χ0v) is 14.1. The van der Waals surface area contributed by atoms with E-state index in [0.717, 1.165) is 12.0 Å². The molecule has 22 heavy (non-hydrogen) atoms. The number of amides is 1. The van der Waals surface area contributed by atoms with Crippen molar-refractivity contribution in [3.05, 3.63) is 0 Å². The van der Waals surface area contributed by atoms with Gasteiger partial charge in [0.1, 0.15) is 17.8 Å². The normalized spacial score (nSPS) is 28.6. The highest BCUT2D eigenvalue weighted by atomic mass is 35.5. The molecule has 0 bridgehead atoms. The van der Waals surface area contributed by atoms with Crippen molar-refractivity contribution in [1.82, 2.24) is 4.90 Å². The van der Waals surface area contributed by atoms with Crippen molar-refractivity contribution in [1.29, 1.82) is 0 Å². The Bertz CT molecular complexity index is 424. The van der Waals surface area contributed by atoms with E-state index in [1.165, 1.54) is 0 Å². The third-order valence-corrected chi connectivity index (χ3v) is 3.82.